The van der Waals surface area contributed by atoms with Gasteiger partial charge in [0.05, 0.1) is 0 Å². The fourth-order valence-corrected chi connectivity index (χ4v) is 2.22. The summed E-state index contributed by atoms with van der Waals surface area (Å²) in [4.78, 5) is 9.35. The Morgan fingerprint density at radius 1 is 1.10 bits per heavy atom. The topological polar surface area (TPSA) is 49.8 Å². The first-order valence-corrected chi connectivity index (χ1v) is 8.12. The Labute approximate surface area is 130 Å². The van der Waals surface area contributed by atoms with Crippen molar-refractivity contribution in [1.82, 2.24) is 9.97 Å². The average Bonchev–Trinajstić information content (AvgIpc) is 2.33. The smallest absolute Gasteiger partial charge is 0.138 e. The summed E-state index contributed by atoms with van der Waals surface area (Å²) in [6.07, 6.45) is 2.22. The Balaban J connectivity index is 2.95. The van der Waals surface area contributed by atoms with Crippen LogP contribution in [0.1, 0.15) is 67.1 Å². The third kappa shape index (κ3) is 6.32. The Bertz CT molecular complexity index is 435. The molecule has 1 unspecified atom stereocenters. The number of aromatic nitrogens is 2. The van der Waals surface area contributed by atoms with Crippen molar-refractivity contribution in [3.05, 3.63) is 11.9 Å². The van der Waals surface area contributed by atoms with Crippen LogP contribution >= 0.6 is 0 Å². The molecule has 120 valence electrons. The molecule has 1 heterocycles. The van der Waals surface area contributed by atoms with Gasteiger partial charge in [0.15, 0.2) is 0 Å². The van der Waals surface area contributed by atoms with Crippen molar-refractivity contribution in [3.8, 4) is 0 Å². The number of nitrogens with zero attached hydrogens (tertiary/aromatic N) is 2. The zero-order valence-corrected chi connectivity index (χ0v) is 14.7. The van der Waals surface area contributed by atoms with E-state index in [1.165, 1.54) is 0 Å². The first kappa shape index (κ1) is 17.7. The largest absolute Gasteiger partial charge is 0.370 e. The van der Waals surface area contributed by atoms with E-state index in [0.29, 0.717) is 12.0 Å². The highest BCUT2D eigenvalue weighted by Gasteiger charge is 2.19. The summed E-state index contributed by atoms with van der Waals surface area (Å²) in [6, 6.07) is 2.42. The molecule has 0 aliphatic heterocycles. The molecule has 0 radical (unpaired) electrons. The number of nitrogens with one attached hydrogen (secondary N) is 2. The minimum atomic E-state index is -0.0539. The van der Waals surface area contributed by atoms with E-state index in [4.69, 9.17) is 4.98 Å². The first-order chi connectivity index (χ1) is 9.72. The molecule has 2 N–H and O–H groups in total. The summed E-state index contributed by atoms with van der Waals surface area (Å²) < 4.78 is 0. The summed E-state index contributed by atoms with van der Waals surface area (Å²) in [5, 5.41) is 6.88. The standard InChI is InChI=1S/C17H32N4/c1-8-9-18-14-11-15(19-13(4)10-12(2)3)21-16(20-14)17(5,6)7/h11-13H,8-10H2,1-7H3,(H2,18,19,20,21). The van der Waals surface area contributed by atoms with Gasteiger partial charge in [-0.1, -0.05) is 41.5 Å². The Hall–Kier alpha value is -1.32. The predicted octanol–water partition coefficient (Wildman–Crippen LogP) is 4.44. The second-order valence-corrected chi connectivity index (χ2v) is 7.31. The van der Waals surface area contributed by atoms with Gasteiger partial charge < -0.3 is 10.6 Å². The van der Waals surface area contributed by atoms with Crippen LogP contribution in [0, 0.1) is 5.92 Å². The molecule has 1 rings (SSSR count). The van der Waals surface area contributed by atoms with E-state index in [2.05, 4.69) is 64.1 Å². The molecule has 0 bridgehead atoms. The van der Waals surface area contributed by atoms with Crippen molar-refractivity contribution in [2.75, 3.05) is 17.2 Å². The third-order valence-corrected chi connectivity index (χ3v) is 3.17. The predicted molar refractivity (Wildman–Crippen MR) is 92.1 cm³/mol. The highest BCUT2D eigenvalue weighted by molar-refractivity contribution is 5.48. The summed E-state index contributed by atoms with van der Waals surface area (Å²) in [5.41, 5.74) is -0.0539. The van der Waals surface area contributed by atoms with Gasteiger partial charge in [0.1, 0.15) is 17.5 Å². The van der Waals surface area contributed by atoms with Gasteiger partial charge >= 0.3 is 0 Å². The molecule has 0 saturated carbocycles. The third-order valence-electron chi connectivity index (χ3n) is 3.17. The average molecular weight is 292 g/mol. The van der Waals surface area contributed by atoms with Gasteiger partial charge in [-0.3, -0.25) is 0 Å². The van der Waals surface area contributed by atoms with E-state index < -0.39 is 0 Å². The fraction of sp³-hybridized carbons (Fsp3) is 0.765. The normalized spacial score (nSPS) is 13.3. The van der Waals surface area contributed by atoms with Crippen LogP contribution in [0.4, 0.5) is 11.6 Å². The molecule has 1 aromatic heterocycles. The number of hydrogen-bond donors (Lipinski definition) is 2. The highest BCUT2D eigenvalue weighted by atomic mass is 15.1. The van der Waals surface area contributed by atoms with E-state index in [0.717, 1.165) is 36.8 Å². The SMILES string of the molecule is CCCNc1cc(NC(C)CC(C)C)nc(C(C)(C)C)n1. The van der Waals surface area contributed by atoms with Crippen LogP contribution in [0.3, 0.4) is 0 Å². The summed E-state index contributed by atoms with van der Waals surface area (Å²) in [6.45, 7) is 16.2. The fourth-order valence-electron chi connectivity index (χ4n) is 2.22. The number of rotatable bonds is 7. The highest BCUT2D eigenvalue weighted by Crippen LogP contribution is 2.23. The van der Waals surface area contributed by atoms with Crippen molar-refractivity contribution < 1.29 is 0 Å². The molecule has 0 saturated heterocycles. The van der Waals surface area contributed by atoms with Crippen LogP contribution in [-0.2, 0) is 5.41 Å². The molecule has 1 atom stereocenters. The molecule has 4 heteroatoms. The van der Waals surface area contributed by atoms with Crippen molar-refractivity contribution in [2.45, 2.75) is 72.8 Å². The maximum atomic E-state index is 4.70. The zero-order valence-electron chi connectivity index (χ0n) is 14.7. The van der Waals surface area contributed by atoms with E-state index in [1.807, 2.05) is 6.07 Å². The van der Waals surface area contributed by atoms with Crippen molar-refractivity contribution in [3.63, 3.8) is 0 Å². The molecule has 1 aromatic rings. The van der Waals surface area contributed by atoms with Gasteiger partial charge in [-0.05, 0) is 25.7 Å². The van der Waals surface area contributed by atoms with E-state index in [9.17, 15) is 0 Å². The molecule has 0 aliphatic carbocycles. The lowest BCUT2D eigenvalue weighted by molar-refractivity contribution is 0.532. The molecule has 0 amide bonds. The van der Waals surface area contributed by atoms with E-state index in [-0.39, 0.29) is 5.41 Å². The van der Waals surface area contributed by atoms with Crippen LogP contribution < -0.4 is 10.6 Å². The van der Waals surface area contributed by atoms with Crippen LogP contribution in [0.2, 0.25) is 0 Å². The van der Waals surface area contributed by atoms with Crippen LogP contribution in [0.5, 0.6) is 0 Å². The molecule has 0 spiro atoms. The van der Waals surface area contributed by atoms with Gasteiger partial charge in [-0.15, -0.1) is 0 Å². The van der Waals surface area contributed by atoms with E-state index in [1.54, 1.807) is 0 Å². The van der Waals surface area contributed by atoms with Gasteiger partial charge in [-0.2, -0.15) is 0 Å². The molecule has 0 aliphatic rings. The summed E-state index contributed by atoms with van der Waals surface area (Å²) in [5.74, 6) is 3.38. The molecule has 21 heavy (non-hydrogen) atoms. The molecule has 0 aromatic carbocycles. The van der Waals surface area contributed by atoms with Gasteiger partial charge in [0, 0.05) is 24.1 Å². The quantitative estimate of drug-likeness (QED) is 0.780. The Morgan fingerprint density at radius 2 is 1.71 bits per heavy atom. The van der Waals surface area contributed by atoms with Crippen LogP contribution in [0.25, 0.3) is 0 Å². The molecule has 0 fully saturated rings. The van der Waals surface area contributed by atoms with E-state index >= 15 is 0 Å². The molecular weight excluding hydrogens is 260 g/mol. The lowest BCUT2D eigenvalue weighted by atomic mass is 9.96. The Morgan fingerprint density at radius 3 is 2.24 bits per heavy atom. The monoisotopic (exact) mass is 292 g/mol. The van der Waals surface area contributed by atoms with Gasteiger partial charge in [-0.25, -0.2) is 9.97 Å². The Kier molecular flexibility index (Phi) is 6.43. The first-order valence-electron chi connectivity index (χ1n) is 8.12. The van der Waals surface area contributed by atoms with Crippen molar-refractivity contribution >= 4 is 11.6 Å². The minimum Gasteiger partial charge on any atom is -0.370 e. The minimum absolute atomic E-state index is 0.0539. The maximum absolute atomic E-state index is 4.70. The molecular formula is C17H32N4. The second kappa shape index (κ2) is 7.62. The number of hydrogen-bond acceptors (Lipinski definition) is 4. The number of anilines is 2. The lowest BCUT2D eigenvalue weighted by Gasteiger charge is -2.21. The van der Waals surface area contributed by atoms with Gasteiger partial charge in [0.25, 0.3) is 0 Å². The molecule has 4 nitrogen and oxygen atoms in total. The van der Waals surface area contributed by atoms with Gasteiger partial charge in [0.2, 0.25) is 0 Å². The summed E-state index contributed by atoms with van der Waals surface area (Å²) in [7, 11) is 0. The van der Waals surface area contributed by atoms with Crippen molar-refractivity contribution in [2.24, 2.45) is 5.92 Å². The van der Waals surface area contributed by atoms with Crippen molar-refractivity contribution in [1.29, 1.82) is 0 Å². The van der Waals surface area contributed by atoms with Crippen LogP contribution in [0.15, 0.2) is 6.07 Å². The second-order valence-electron chi connectivity index (χ2n) is 7.31. The maximum Gasteiger partial charge on any atom is 0.138 e. The summed E-state index contributed by atoms with van der Waals surface area (Å²) >= 11 is 0. The lowest BCUT2D eigenvalue weighted by Crippen LogP contribution is -2.22. The zero-order chi connectivity index (χ0) is 16.0. The van der Waals surface area contributed by atoms with Crippen LogP contribution in [-0.4, -0.2) is 22.6 Å².